The number of benzene rings is 2. The summed E-state index contributed by atoms with van der Waals surface area (Å²) < 4.78 is 35.9. The van der Waals surface area contributed by atoms with E-state index in [1.807, 2.05) is 6.07 Å². The molecule has 0 aliphatic carbocycles. The number of rotatable bonds is 5. The monoisotopic (exact) mass is 446 g/mol. The Labute approximate surface area is 180 Å². The molecule has 0 bridgehead atoms. The van der Waals surface area contributed by atoms with Gasteiger partial charge in [0.25, 0.3) is 10.0 Å². The number of halogens is 1. The van der Waals surface area contributed by atoms with E-state index in [1.165, 1.54) is 12.1 Å². The van der Waals surface area contributed by atoms with E-state index in [-0.39, 0.29) is 4.90 Å². The lowest BCUT2D eigenvalue weighted by atomic mass is 10.2. The lowest BCUT2D eigenvalue weighted by molar-refractivity contribution is 0.0636. The molecule has 1 fully saturated rings. The van der Waals surface area contributed by atoms with Crippen LogP contribution in [0.3, 0.4) is 0 Å². The van der Waals surface area contributed by atoms with Crippen LogP contribution in [0.5, 0.6) is 0 Å². The van der Waals surface area contributed by atoms with Crippen LogP contribution < -0.4 is 4.72 Å². The second kappa shape index (κ2) is 7.85. The molecule has 3 heterocycles. The molecule has 2 aliphatic rings. The second-order valence-electron chi connectivity index (χ2n) is 7.81. The van der Waals surface area contributed by atoms with E-state index in [9.17, 15) is 8.42 Å². The highest BCUT2D eigenvalue weighted by atomic mass is 35.5. The van der Waals surface area contributed by atoms with Gasteiger partial charge in [0.05, 0.1) is 34.3 Å². The van der Waals surface area contributed by atoms with Gasteiger partial charge in [-0.15, -0.1) is 0 Å². The number of sulfonamides is 1. The number of aromatic nitrogens is 2. The summed E-state index contributed by atoms with van der Waals surface area (Å²) in [4.78, 5) is 7.34. The molecular weight excluding hydrogens is 424 g/mol. The first-order valence-electron chi connectivity index (χ1n) is 10.1. The van der Waals surface area contributed by atoms with Gasteiger partial charge in [-0.25, -0.2) is 13.4 Å². The van der Waals surface area contributed by atoms with E-state index >= 15 is 0 Å². The Morgan fingerprint density at radius 3 is 2.77 bits per heavy atom. The summed E-state index contributed by atoms with van der Waals surface area (Å²) in [5.41, 5.74) is 2.31. The maximum absolute atomic E-state index is 12.7. The number of anilines is 1. The average Bonchev–Trinajstić information content (AvgIpc) is 3.34. The first-order chi connectivity index (χ1) is 14.5. The first-order valence-corrected chi connectivity index (χ1v) is 12.0. The van der Waals surface area contributed by atoms with Gasteiger partial charge in [-0.3, -0.25) is 9.62 Å². The summed E-state index contributed by atoms with van der Waals surface area (Å²) in [6.45, 7) is 4.42. The summed E-state index contributed by atoms with van der Waals surface area (Å²) in [6, 6.07) is 11.6. The zero-order chi connectivity index (χ0) is 20.7. The van der Waals surface area contributed by atoms with Gasteiger partial charge in [-0.1, -0.05) is 11.6 Å². The maximum Gasteiger partial charge on any atom is 0.261 e. The minimum absolute atomic E-state index is 0.168. The molecule has 1 aromatic heterocycles. The van der Waals surface area contributed by atoms with Crippen molar-refractivity contribution in [1.82, 2.24) is 14.5 Å². The molecule has 0 saturated carbocycles. The van der Waals surface area contributed by atoms with Gasteiger partial charge in [-0.2, -0.15) is 0 Å². The first kappa shape index (κ1) is 19.8. The number of ether oxygens (including phenoxy) is 1. The van der Waals surface area contributed by atoms with Crippen LogP contribution in [0.4, 0.5) is 5.69 Å². The minimum atomic E-state index is -3.69. The highest BCUT2D eigenvalue weighted by Crippen LogP contribution is 2.26. The molecule has 2 aromatic carbocycles. The molecule has 0 amide bonds. The fourth-order valence-corrected chi connectivity index (χ4v) is 5.37. The largest absolute Gasteiger partial charge is 0.377 e. The van der Waals surface area contributed by atoms with Gasteiger partial charge in [0.2, 0.25) is 0 Å². The Bertz CT molecular complexity index is 1170. The normalized spacial score (nSPS) is 19.8. The van der Waals surface area contributed by atoms with Crippen LogP contribution in [0.2, 0.25) is 5.02 Å². The fraction of sp³-hybridized carbons (Fsp3) is 0.381. The quantitative estimate of drug-likeness (QED) is 0.649. The summed E-state index contributed by atoms with van der Waals surface area (Å²) in [6.07, 6.45) is 2.60. The van der Waals surface area contributed by atoms with E-state index in [0.717, 1.165) is 62.5 Å². The standard InChI is InChI=1S/C21H23ClN4O3S/c22-15-3-6-18(7-4-15)30(27,28)24-16-5-8-20-19(12-16)23-21-14-25(9-10-26(20)21)13-17-2-1-11-29-17/h3-8,12,17,24H,1-2,9-11,13-14H2. The predicted molar refractivity (Wildman–Crippen MR) is 116 cm³/mol. The molecule has 158 valence electrons. The number of hydrogen-bond donors (Lipinski definition) is 1. The third-order valence-corrected chi connectivity index (χ3v) is 7.34. The lowest BCUT2D eigenvalue weighted by Crippen LogP contribution is -2.38. The third kappa shape index (κ3) is 3.92. The van der Waals surface area contributed by atoms with Gasteiger partial charge < -0.3 is 9.30 Å². The molecule has 1 saturated heterocycles. The number of nitrogens with one attached hydrogen (secondary N) is 1. The minimum Gasteiger partial charge on any atom is -0.377 e. The molecule has 1 unspecified atom stereocenters. The van der Waals surface area contributed by atoms with Crippen LogP contribution >= 0.6 is 11.6 Å². The van der Waals surface area contributed by atoms with Gasteiger partial charge in [0.15, 0.2) is 0 Å². The molecule has 0 spiro atoms. The van der Waals surface area contributed by atoms with Crippen molar-refractivity contribution in [2.75, 3.05) is 24.4 Å². The van der Waals surface area contributed by atoms with Crippen LogP contribution in [0.1, 0.15) is 18.7 Å². The Balaban J connectivity index is 1.36. The molecule has 1 atom stereocenters. The van der Waals surface area contributed by atoms with Crippen molar-refractivity contribution in [3.05, 3.63) is 53.3 Å². The zero-order valence-electron chi connectivity index (χ0n) is 16.4. The number of fused-ring (bicyclic) bond motifs is 3. The highest BCUT2D eigenvalue weighted by molar-refractivity contribution is 7.92. The van der Waals surface area contributed by atoms with Crippen LogP contribution in [-0.2, 0) is 27.8 Å². The van der Waals surface area contributed by atoms with Gasteiger partial charge >= 0.3 is 0 Å². The molecule has 3 aromatic rings. The smallest absolute Gasteiger partial charge is 0.261 e. The molecular formula is C21H23ClN4O3S. The molecule has 2 aliphatic heterocycles. The third-order valence-electron chi connectivity index (χ3n) is 5.69. The summed E-state index contributed by atoms with van der Waals surface area (Å²) in [5, 5.41) is 0.493. The molecule has 0 radical (unpaired) electrons. The van der Waals surface area contributed by atoms with Crippen LogP contribution in [-0.4, -0.2) is 48.7 Å². The van der Waals surface area contributed by atoms with Gasteiger partial charge in [0, 0.05) is 31.3 Å². The predicted octanol–water partition coefficient (Wildman–Crippen LogP) is 3.49. The van der Waals surface area contributed by atoms with E-state index in [1.54, 1.807) is 24.3 Å². The average molecular weight is 447 g/mol. The van der Waals surface area contributed by atoms with Crippen molar-refractivity contribution < 1.29 is 13.2 Å². The van der Waals surface area contributed by atoms with Crippen LogP contribution in [0, 0.1) is 0 Å². The van der Waals surface area contributed by atoms with Crippen molar-refractivity contribution in [2.24, 2.45) is 0 Å². The van der Waals surface area contributed by atoms with E-state index < -0.39 is 10.0 Å². The van der Waals surface area contributed by atoms with Crippen LogP contribution in [0.25, 0.3) is 11.0 Å². The topological polar surface area (TPSA) is 76.5 Å². The van der Waals surface area contributed by atoms with Gasteiger partial charge in [-0.05, 0) is 55.3 Å². The van der Waals surface area contributed by atoms with Crippen molar-refractivity contribution >= 4 is 38.3 Å². The Morgan fingerprint density at radius 2 is 2.00 bits per heavy atom. The second-order valence-corrected chi connectivity index (χ2v) is 9.93. The van der Waals surface area contributed by atoms with Crippen molar-refractivity contribution in [3.8, 4) is 0 Å². The van der Waals surface area contributed by atoms with Crippen molar-refractivity contribution in [3.63, 3.8) is 0 Å². The molecule has 1 N–H and O–H groups in total. The molecule has 5 rings (SSSR count). The Hall–Kier alpha value is -2.13. The summed E-state index contributed by atoms with van der Waals surface area (Å²) >= 11 is 5.86. The van der Waals surface area contributed by atoms with Crippen molar-refractivity contribution in [2.45, 2.75) is 36.9 Å². The highest BCUT2D eigenvalue weighted by Gasteiger charge is 2.25. The summed E-state index contributed by atoms with van der Waals surface area (Å²) in [5.74, 6) is 1.01. The van der Waals surface area contributed by atoms with E-state index in [4.69, 9.17) is 21.3 Å². The number of imidazole rings is 1. The molecule has 30 heavy (non-hydrogen) atoms. The molecule has 9 heteroatoms. The van der Waals surface area contributed by atoms with Gasteiger partial charge in [0.1, 0.15) is 5.82 Å². The number of nitrogens with zero attached hydrogens (tertiary/aromatic N) is 3. The van der Waals surface area contributed by atoms with E-state index in [0.29, 0.717) is 16.8 Å². The molecule has 7 nitrogen and oxygen atoms in total. The summed E-state index contributed by atoms with van der Waals surface area (Å²) in [7, 11) is -3.69. The van der Waals surface area contributed by atoms with Crippen LogP contribution in [0.15, 0.2) is 47.4 Å². The SMILES string of the molecule is O=S(=O)(Nc1ccc2c(c1)nc1n2CCN(CC2CCCO2)C1)c1ccc(Cl)cc1. The lowest BCUT2D eigenvalue weighted by Gasteiger charge is -2.29. The van der Waals surface area contributed by atoms with Crippen molar-refractivity contribution in [1.29, 1.82) is 0 Å². The van der Waals surface area contributed by atoms with E-state index in [2.05, 4.69) is 14.2 Å². The maximum atomic E-state index is 12.7. The fourth-order valence-electron chi connectivity index (χ4n) is 4.19. The Kier molecular flexibility index (Phi) is 5.18. The Morgan fingerprint density at radius 1 is 1.17 bits per heavy atom. The number of hydrogen-bond acceptors (Lipinski definition) is 5. The zero-order valence-corrected chi connectivity index (χ0v) is 18.0.